The molecular formula is C12H14N2O3S. The maximum atomic E-state index is 12.1. The first-order chi connectivity index (χ1) is 8.59. The minimum Gasteiger partial charge on any atom is -0.481 e. The zero-order chi connectivity index (χ0) is 12.9. The van der Waals surface area contributed by atoms with Crippen LogP contribution >= 0.6 is 11.3 Å². The molecule has 1 aliphatic carbocycles. The van der Waals surface area contributed by atoms with Gasteiger partial charge in [-0.15, -0.1) is 11.3 Å². The van der Waals surface area contributed by atoms with E-state index in [4.69, 9.17) is 5.11 Å². The third kappa shape index (κ3) is 1.68. The first kappa shape index (κ1) is 11.5. The lowest BCUT2D eigenvalue weighted by Gasteiger charge is -2.16. The van der Waals surface area contributed by atoms with Gasteiger partial charge >= 0.3 is 12.0 Å². The number of hydrogen-bond donors (Lipinski definition) is 1. The first-order valence-electron chi connectivity index (χ1n) is 5.89. The molecule has 3 atom stereocenters. The summed E-state index contributed by atoms with van der Waals surface area (Å²) in [5.74, 6) is -1.17. The molecule has 1 aliphatic heterocycles. The molecule has 0 radical (unpaired) electrons. The molecule has 2 amide bonds. The standard InChI is InChI=1S/C12H14N2O3S/c1-13-9(10-3-2-4-18-10)6-14(12(13)17)8-5-7(8)11(15)16/h2-4,7-9H,5-6H2,1H3,(H,15,16). The van der Waals surface area contributed by atoms with Crippen LogP contribution in [0.25, 0.3) is 0 Å². The predicted octanol–water partition coefficient (Wildman–Crippen LogP) is 1.63. The second-order valence-corrected chi connectivity index (χ2v) is 5.80. The van der Waals surface area contributed by atoms with E-state index >= 15 is 0 Å². The van der Waals surface area contributed by atoms with Crippen LogP contribution in [0.2, 0.25) is 0 Å². The molecular weight excluding hydrogens is 252 g/mol. The summed E-state index contributed by atoms with van der Waals surface area (Å²) in [6.45, 7) is 0.601. The topological polar surface area (TPSA) is 60.9 Å². The quantitative estimate of drug-likeness (QED) is 0.904. The molecule has 18 heavy (non-hydrogen) atoms. The fourth-order valence-electron chi connectivity index (χ4n) is 2.55. The number of nitrogens with zero attached hydrogens (tertiary/aromatic N) is 2. The molecule has 1 aromatic rings. The van der Waals surface area contributed by atoms with E-state index in [1.807, 2.05) is 17.5 Å². The zero-order valence-corrected chi connectivity index (χ0v) is 10.8. The Morgan fingerprint density at radius 2 is 2.33 bits per heavy atom. The van der Waals surface area contributed by atoms with Crippen molar-refractivity contribution in [2.45, 2.75) is 18.5 Å². The van der Waals surface area contributed by atoms with Crippen LogP contribution in [0.15, 0.2) is 17.5 Å². The van der Waals surface area contributed by atoms with Gasteiger partial charge in [-0.1, -0.05) is 6.07 Å². The number of carbonyl (C=O) groups excluding carboxylic acids is 1. The number of hydrogen-bond acceptors (Lipinski definition) is 3. The normalized spacial score (nSPS) is 30.9. The molecule has 1 saturated carbocycles. The largest absolute Gasteiger partial charge is 0.481 e. The van der Waals surface area contributed by atoms with Crippen LogP contribution in [0.3, 0.4) is 0 Å². The van der Waals surface area contributed by atoms with Crippen LogP contribution in [0, 0.1) is 5.92 Å². The van der Waals surface area contributed by atoms with Gasteiger partial charge in [0.25, 0.3) is 0 Å². The summed E-state index contributed by atoms with van der Waals surface area (Å²) in [4.78, 5) is 27.6. The van der Waals surface area contributed by atoms with Gasteiger partial charge in [0.05, 0.1) is 12.0 Å². The van der Waals surface area contributed by atoms with Crippen LogP contribution in [0.1, 0.15) is 17.3 Å². The zero-order valence-electron chi connectivity index (χ0n) is 9.94. The summed E-state index contributed by atoms with van der Waals surface area (Å²) in [5, 5.41) is 10.9. The number of amides is 2. The van der Waals surface area contributed by atoms with E-state index < -0.39 is 5.97 Å². The van der Waals surface area contributed by atoms with Crippen molar-refractivity contribution in [3.63, 3.8) is 0 Å². The molecule has 2 heterocycles. The van der Waals surface area contributed by atoms with Crippen LogP contribution in [-0.4, -0.2) is 46.5 Å². The maximum Gasteiger partial charge on any atom is 0.320 e. The highest BCUT2D eigenvalue weighted by Gasteiger charge is 2.52. The predicted molar refractivity (Wildman–Crippen MR) is 66.5 cm³/mol. The molecule has 3 unspecified atom stereocenters. The van der Waals surface area contributed by atoms with Crippen molar-refractivity contribution in [2.75, 3.05) is 13.6 Å². The highest BCUT2D eigenvalue weighted by molar-refractivity contribution is 7.10. The van der Waals surface area contributed by atoms with Gasteiger partial charge in [-0.25, -0.2) is 4.79 Å². The summed E-state index contributed by atoms with van der Waals surface area (Å²) in [6.07, 6.45) is 0.589. The lowest BCUT2D eigenvalue weighted by Crippen LogP contribution is -2.33. The Morgan fingerprint density at radius 3 is 2.89 bits per heavy atom. The summed E-state index contributed by atoms with van der Waals surface area (Å²) in [7, 11) is 1.78. The van der Waals surface area contributed by atoms with E-state index in [0.717, 1.165) is 4.88 Å². The highest BCUT2D eigenvalue weighted by atomic mass is 32.1. The summed E-state index contributed by atoms with van der Waals surface area (Å²) in [5.41, 5.74) is 0. The van der Waals surface area contributed by atoms with Crippen molar-refractivity contribution < 1.29 is 14.7 Å². The molecule has 2 aliphatic rings. The van der Waals surface area contributed by atoms with Crippen LogP contribution in [0.5, 0.6) is 0 Å². The molecule has 96 valence electrons. The average molecular weight is 266 g/mol. The third-order valence-corrected chi connectivity index (χ3v) is 4.70. The second-order valence-electron chi connectivity index (χ2n) is 4.82. The molecule has 2 fully saturated rings. The number of carboxylic acids is 1. The molecule has 3 rings (SSSR count). The maximum absolute atomic E-state index is 12.1. The molecule has 0 spiro atoms. The van der Waals surface area contributed by atoms with Crippen molar-refractivity contribution in [2.24, 2.45) is 5.92 Å². The summed E-state index contributed by atoms with van der Waals surface area (Å²) >= 11 is 1.63. The molecule has 0 bridgehead atoms. The number of carbonyl (C=O) groups is 2. The minimum absolute atomic E-state index is 0.0536. The molecule has 1 saturated heterocycles. The van der Waals surface area contributed by atoms with Gasteiger partial charge in [-0.3, -0.25) is 4.79 Å². The fourth-order valence-corrected chi connectivity index (χ4v) is 3.41. The van der Waals surface area contributed by atoms with E-state index in [9.17, 15) is 9.59 Å². The summed E-state index contributed by atoms with van der Waals surface area (Å²) < 4.78 is 0. The van der Waals surface area contributed by atoms with Crippen LogP contribution in [-0.2, 0) is 4.79 Å². The number of aliphatic carboxylic acids is 1. The number of carboxylic acid groups (broad SMARTS) is 1. The van der Waals surface area contributed by atoms with Crippen molar-refractivity contribution >= 4 is 23.3 Å². The number of thiophene rings is 1. The third-order valence-electron chi connectivity index (χ3n) is 3.73. The van der Waals surface area contributed by atoms with E-state index in [1.54, 1.807) is 28.2 Å². The molecule has 6 heteroatoms. The Hall–Kier alpha value is -1.56. The van der Waals surface area contributed by atoms with Gasteiger partial charge in [0.1, 0.15) is 0 Å². The molecule has 5 nitrogen and oxygen atoms in total. The molecule has 1 N–H and O–H groups in total. The van der Waals surface area contributed by atoms with Gasteiger partial charge < -0.3 is 14.9 Å². The van der Waals surface area contributed by atoms with Gasteiger partial charge in [0.2, 0.25) is 0 Å². The monoisotopic (exact) mass is 266 g/mol. The Labute approximate surface area is 109 Å². The highest BCUT2D eigenvalue weighted by Crippen LogP contribution is 2.41. The smallest absolute Gasteiger partial charge is 0.320 e. The Morgan fingerprint density at radius 1 is 1.56 bits per heavy atom. The van der Waals surface area contributed by atoms with Gasteiger partial charge in [0.15, 0.2) is 0 Å². The van der Waals surface area contributed by atoms with Crippen molar-refractivity contribution in [1.29, 1.82) is 0 Å². The SMILES string of the molecule is CN1C(=O)N(C2CC2C(=O)O)CC1c1cccs1. The minimum atomic E-state index is -0.796. The van der Waals surface area contributed by atoms with E-state index in [0.29, 0.717) is 13.0 Å². The number of rotatable bonds is 3. The van der Waals surface area contributed by atoms with Crippen molar-refractivity contribution in [3.05, 3.63) is 22.4 Å². The second kappa shape index (κ2) is 3.98. The van der Waals surface area contributed by atoms with Gasteiger partial charge in [0, 0.05) is 24.5 Å². The van der Waals surface area contributed by atoms with Gasteiger partial charge in [-0.2, -0.15) is 0 Å². The number of likely N-dealkylation sites (N-methyl/N-ethyl adjacent to an activating group) is 1. The molecule has 1 aromatic heterocycles. The Kier molecular flexibility index (Phi) is 2.55. The fraction of sp³-hybridized carbons (Fsp3) is 0.500. The Balaban J connectivity index is 1.76. The van der Waals surface area contributed by atoms with Crippen LogP contribution < -0.4 is 0 Å². The van der Waals surface area contributed by atoms with Crippen molar-refractivity contribution in [3.8, 4) is 0 Å². The van der Waals surface area contributed by atoms with E-state index in [1.165, 1.54) is 0 Å². The van der Waals surface area contributed by atoms with Gasteiger partial charge in [-0.05, 0) is 17.9 Å². The number of urea groups is 1. The lowest BCUT2D eigenvalue weighted by atomic mass is 10.2. The van der Waals surface area contributed by atoms with E-state index in [2.05, 4.69) is 0 Å². The van der Waals surface area contributed by atoms with E-state index in [-0.39, 0.29) is 24.0 Å². The first-order valence-corrected chi connectivity index (χ1v) is 6.77. The van der Waals surface area contributed by atoms with Crippen molar-refractivity contribution in [1.82, 2.24) is 9.80 Å². The van der Waals surface area contributed by atoms with Crippen LogP contribution in [0.4, 0.5) is 4.79 Å². The lowest BCUT2D eigenvalue weighted by molar-refractivity contribution is -0.138. The average Bonchev–Trinajstić information content (AvgIpc) is 2.84. The summed E-state index contributed by atoms with van der Waals surface area (Å²) in [6, 6.07) is 3.89. The Bertz CT molecular complexity index is 488. The molecule has 0 aromatic carbocycles.